The van der Waals surface area contributed by atoms with Gasteiger partial charge in [-0.05, 0) is 33.0 Å². The van der Waals surface area contributed by atoms with E-state index < -0.39 is 0 Å². The van der Waals surface area contributed by atoms with Crippen molar-refractivity contribution in [2.45, 2.75) is 25.5 Å². The average Bonchev–Trinajstić information content (AvgIpc) is 3.32. The molecule has 1 atom stereocenters. The van der Waals surface area contributed by atoms with Gasteiger partial charge < -0.3 is 19.7 Å². The summed E-state index contributed by atoms with van der Waals surface area (Å²) >= 11 is 0. The molecule has 2 aliphatic rings. The van der Waals surface area contributed by atoms with E-state index in [1.807, 2.05) is 26.2 Å². The maximum absolute atomic E-state index is 11.9. The Kier molecular flexibility index (Phi) is 4.71. The molecule has 1 saturated heterocycles. The van der Waals surface area contributed by atoms with Crippen molar-refractivity contribution in [2.75, 3.05) is 39.2 Å². The van der Waals surface area contributed by atoms with E-state index in [1.54, 1.807) is 0 Å². The molecule has 1 aromatic heterocycles. The summed E-state index contributed by atoms with van der Waals surface area (Å²) < 4.78 is 11.3. The zero-order valence-corrected chi connectivity index (χ0v) is 13.2. The lowest BCUT2D eigenvalue weighted by Crippen LogP contribution is -2.25. The molecule has 1 amide bonds. The Hall–Kier alpha value is -1.50. The zero-order chi connectivity index (χ0) is 15.5. The number of amides is 1. The number of ether oxygens (including phenoxy) is 2. The molecular weight excluding hydrogens is 282 g/mol. The molecule has 0 bridgehead atoms. The van der Waals surface area contributed by atoms with E-state index in [0.29, 0.717) is 32.2 Å². The van der Waals surface area contributed by atoms with Crippen molar-refractivity contribution in [1.82, 2.24) is 9.88 Å². The summed E-state index contributed by atoms with van der Waals surface area (Å²) in [7, 11) is 4.00. The second-order valence-electron chi connectivity index (χ2n) is 6.17. The van der Waals surface area contributed by atoms with Gasteiger partial charge in [0.1, 0.15) is 11.9 Å². The molecule has 6 heteroatoms. The molecule has 1 aromatic rings. The fourth-order valence-corrected chi connectivity index (χ4v) is 2.54. The van der Waals surface area contributed by atoms with Gasteiger partial charge >= 0.3 is 0 Å². The number of rotatable bonds is 5. The van der Waals surface area contributed by atoms with Crippen molar-refractivity contribution < 1.29 is 14.3 Å². The molecule has 3 rings (SSSR count). The van der Waals surface area contributed by atoms with Crippen molar-refractivity contribution >= 4 is 11.7 Å². The van der Waals surface area contributed by atoms with Crippen LogP contribution in [0.25, 0.3) is 0 Å². The van der Waals surface area contributed by atoms with Crippen LogP contribution in [-0.4, -0.2) is 49.7 Å². The molecule has 2 heterocycles. The van der Waals surface area contributed by atoms with Gasteiger partial charge in [0.15, 0.2) is 0 Å². The maximum atomic E-state index is 11.9. The Morgan fingerprint density at radius 1 is 1.36 bits per heavy atom. The van der Waals surface area contributed by atoms with Crippen molar-refractivity contribution in [3.63, 3.8) is 0 Å². The lowest BCUT2D eigenvalue weighted by molar-refractivity contribution is -0.117. The van der Waals surface area contributed by atoms with Gasteiger partial charge in [-0.25, -0.2) is 4.98 Å². The minimum Gasteiger partial charge on any atom is -0.376 e. The molecule has 0 radical (unpaired) electrons. The first kappa shape index (κ1) is 15.4. The van der Waals surface area contributed by atoms with Crippen molar-refractivity contribution in [3.8, 4) is 0 Å². The standard InChI is InChI=1S/C16H23N3O3/c1-19(2)9-13-12(14-10-21-7-8-22-14)5-6-15(17-13)18-16(20)11-3-4-11/h5-6,11,14H,3-4,7-10H2,1-2H3,(H,17,18,20). The van der Waals surface area contributed by atoms with E-state index in [0.717, 1.165) is 24.1 Å². The topological polar surface area (TPSA) is 63.7 Å². The third-order valence-electron chi connectivity index (χ3n) is 3.84. The lowest BCUT2D eigenvalue weighted by atomic mass is 10.1. The normalized spacial score (nSPS) is 21.9. The van der Waals surface area contributed by atoms with Crippen LogP contribution in [0.2, 0.25) is 0 Å². The monoisotopic (exact) mass is 305 g/mol. The summed E-state index contributed by atoms with van der Waals surface area (Å²) in [6.07, 6.45) is 1.90. The molecule has 1 aliphatic carbocycles. The summed E-state index contributed by atoms with van der Waals surface area (Å²) in [6, 6.07) is 3.85. The van der Waals surface area contributed by atoms with Gasteiger partial charge in [-0.15, -0.1) is 0 Å². The highest BCUT2D eigenvalue weighted by atomic mass is 16.6. The first-order valence-corrected chi connectivity index (χ1v) is 7.78. The molecule has 1 aliphatic heterocycles. The molecule has 1 saturated carbocycles. The van der Waals surface area contributed by atoms with Gasteiger partial charge in [-0.1, -0.05) is 6.07 Å². The molecule has 1 unspecified atom stereocenters. The van der Waals surface area contributed by atoms with Gasteiger partial charge in [-0.3, -0.25) is 4.79 Å². The molecule has 6 nitrogen and oxygen atoms in total. The molecule has 0 aromatic carbocycles. The molecule has 2 fully saturated rings. The van der Waals surface area contributed by atoms with Gasteiger partial charge in [0.05, 0.1) is 25.5 Å². The molecule has 120 valence electrons. The number of nitrogens with zero attached hydrogens (tertiary/aromatic N) is 2. The number of hydrogen-bond donors (Lipinski definition) is 1. The third kappa shape index (κ3) is 3.82. The number of carbonyl (C=O) groups is 1. The van der Waals surface area contributed by atoms with Gasteiger partial charge in [0.2, 0.25) is 5.91 Å². The van der Waals surface area contributed by atoms with E-state index in [9.17, 15) is 4.79 Å². The van der Waals surface area contributed by atoms with Crippen LogP contribution in [0.4, 0.5) is 5.82 Å². The summed E-state index contributed by atoms with van der Waals surface area (Å²) in [5.74, 6) is 0.872. The summed E-state index contributed by atoms with van der Waals surface area (Å²) in [6.45, 7) is 2.49. The molecule has 22 heavy (non-hydrogen) atoms. The van der Waals surface area contributed by atoms with Crippen LogP contribution in [0.3, 0.4) is 0 Å². The highest BCUT2D eigenvalue weighted by molar-refractivity contribution is 5.93. The average molecular weight is 305 g/mol. The Labute approximate surface area is 130 Å². The highest BCUT2D eigenvalue weighted by Gasteiger charge is 2.30. The fourth-order valence-electron chi connectivity index (χ4n) is 2.54. The largest absolute Gasteiger partial charge is 0.376 e. The molecule has 0 spiro atoms. The van der Waals surface area contributed by atoms with Crippen molar-refractivity contribution in [3.05, 3.63) is 23.4 Å². The number of hydrogen-bond acceptors (Lipinski definition) is 5. The Morgan fingerprint density at radius 2 is 2.18 bits per heavy atom. The van der Waals surface area contributed by atoms with E-state index in [1.165, 1.54) is 0 Å². The predicted octanol–water partition coefficient (Wildman–Crippen LogP) is 1.58. The zero-order valence-electron chi connectivity index (χ0n) is 13.2. The molecule has 1 N–H and O–H groups in total. The van der Waals surface area contributed by atoms with Crippen molar-refractivity contribution in [1.29, 1.82) is 0 Å². The minimum atomic E-state index is -0.0793. The van der Waals surface area contributed by atoms with Crippen LogP contribution in [0.15, 0.2) is 12.1 Å². The second-order valence-corrected chi connectivity index (χ2v) is 6.17. The minimum absolute atomic E-state index is 0.0771. The van der Waals surface area contributed by atoms with Crippen LogP contribution < -0.4 is 5.32 Å². The summed E-state index contributed by atoms with van der Waals surface area (Å²) in [4.78, 5) is 18.6. The lowest BCUT2D eigenvalue weighted by Gasteiger charge is -2.26. The second kappa shape index (κ2) is 6.73. The number of anilines is 1. The van der Waals surface area contributed by atoms with Crippen LogP contribution in [0.5, 0.6) is 0 Å². The van der Waals surface area contributed by atoms with Crippen LogP contribution >= 0.6 is 0 Å². The van der Waals surface area contributed by atoms with Gasteiger partial charge in [0.25, 0.3) is 0 Å². The number of nitrogens with one attached hydrogen (secondary N) is 1. The fraction of sp³-hybridized carbons (Fsp3) is 0.625. The van der Waals surface area contributed by atoms with Gasteiger partial charge in [-0.2, -0.15) is 0 Å². The third-order valence-corrected chi connectivity index (χ3v) is 3.84. The van der Waals surface area contributed by atoms with Crippen LogP contribution in [0.1, 0.15) is 30.2 Å². The number of aromatic nitrogens is 1. The molecular formula is C16H23N3O3. The first-order valence-electron chi connectivity index (χ1n) is 7.78. The number of pyridine rings is 1. The quantitative estimate of drug-likeness (QED) is 0.895. The summed E-state index contributed by atoms with van der Waals surface area (Å²) in [5, 5.41) is 2.91. The van der Waals surface area contributed by atoms with E-state index in [2.05, 4.69) is 15.2 Å². The predicted molar refractivity (Wildman–Crippen MR) is 82.5 cm³/mol. The van der Waals surface area contributed by atoms with E-state index in [4.69, 9.17) is 9.47 Å². The van der Waals surface area contributed by atoms with Gasteiger partial charge in [0, 0.05) is 18.0 Å². The smallest absolute Gasteiger partial charge is 0.228 e. The summed E-state index contributed by atoms with van der Waals surface area (Å²) in [5.41, 5.74) is 1.96. The van der Waals surface area contributed by atoms with Crippen LogP contribution in [-0.2, 0) is 20.8 Å². The number of carbonyl (C=O) groups excluding carboxylic acids is 1. The van der Waals surface area contributed by atoms with Crippen molar-refractivity contribution in [2.24, 2.45) is 5.92 Å². The van der Waals surface area contributed by atoms with Crippen LogP contribution in [0, 0.1) is 5.92 Å². The Balaban J connectivity index is 1.80. The Morgan fingerprint density at radius 3 is 2.82 bits per heavy atom. The SMILES string of the molecule is CN(C)Cc1nc(NC(=O)C2CC2)ccc1C1COCCO1. The Bertz CT molecular complexity index is 537. The highest BCUT2D eigenvalue weighted by Crippen LogP contribution is 2.30. The van der Waals surface area contributed by atoms with E-state index >= 15 is 0 Å². The van der Waals surface area contributed by atoms with E-state index in [-0.39, 0.29) is 17.9 Å². The maximum Gasteiger partial charge on any atom is 0.228 e. The first-order chi connectivity index (χ1) is 10.6.